The van der Waals surface area contributed by atoms with Crippen molar-refractivity contribution in [1.29, 1.82) is 0 Å². The number of amides is 1. The summed E-state index contributed by atoms with van der Waals surface area (Å²) in [6, 6.07) is 17.7. The third kappa shape index (κ3) is 5.99. The monoisotopic (exact) mass is 398 g/mol. The molecule has 3 aromatic rings. The summed E-state index contributed by atoms with van der Waals surface area (Å²) in [7, 11) is 0. The zero-order valence-corrected chi connectivity index (χ0v) is 15.6. The second-order valence-electron chi connectivity index (χ2n) is 5.37. The molecule has 5 nitrogen and oxygen atoms in total. The lowest BCUT2D eigenvalue weighted by atomic mass is 10.3. The zero-order chi connectivity index (χ0) is 19.1. The number of furan rings is 1. The second-order valence-corrected chi connectivity index (χ2v) is 6.22. The average Bonchev–Trinajstić information content (AvgIpc) is 3.17. The highest BCUT2D eigenvalue weighted by Gasteiger charge is 2.03. The summed E-state index contributed by atoms with van der Waals surface area (Å²) in [5.74, 6) is 1.58. The van der Waals surface area contributed by atoms with Crippen LogP contribution < -0.4 is 15.4 Å². The normalized spacial score (nSPS) is 10.6. The molecule has 0 saturated heterocycles. The maximum atomic E-state index is 11.8. The Morgan fingerprint density at radius 1 is 1.04 bits per heavy atom. The van der Waals surface area contributed by atoms with Crippen molar-refractivity contribution in [3.05, 3.63) is 83.8 Å². The first kappa shape index (κ1) is 18.7. The van der Waals surface area contributed by atoms with Crippen molar-refractivity contribution in [1.82, 2.24) is 5.32 Å². The zero-order valence-electron chi connectivity index (χ0n) is 14.0. The van der Waals surface area contributed by atoms with E-state index in [1.54, 1.807) is 66.7 Å². The van der Waals surface area contributed by atoms with Gasteiger partial charge in [-0.05, 0) is 79.0 Å². The number of nitrogens with one attached hydrogen (secondary N) is 2. The van der Waals surface area contributed by atoms with Crippen LogP contribution in [-0.2, 0) is 4.79 Å². The van der Waals surface area contributed by atoms with E-state index in [1.807, 2.05) is 0 Å². The Balaban J connectivity index is 1.50. The fourth-order valence-corrected chi connectivity index (χ4v) is 2.45. The molecule has 0 spiro atoms. The molecule has 1 heterocycles. The quantitative estimate of drug-likeness (QED) is 0.454. The Kier molecular flexibility index (Phi) is 6.25. The van der Waals surface area contributed by atoms with Crippen molar-refractivity contribution < 1.29 is 13.9 Å². The van der Waals surface area contributed by atoms with Crippen LogP contribution in [0.1, 0.15) is 5.76 Å². The minimum atomic E-state index is -0.355. The molecular weight excluding hydrogens is 384 g/mol. The molecule has 0 atom stereocenters. The van der Waals surface area contributed by atoms with Gasteiger partial charge in [0.05, 0.1) is 6.26 Å². The predicted molar refractivity (Wildman–Crippen MR) is 110 cm³/mol. The maximum absolute atomic E-state index is 11.8. The van der Waals surface area contributed by atoms with Crippen LogP contribution in [0.5, 0.6) is 11.5 Å². The van der Waals surface area contributed by atoms with Gasteiger partial charge >= 0.3 is 0 Å². The van der Waals surface area contributed by atoms with Crippen LogP contribution in [0.25, 0.3) is 6.08 Å². The van der Waals surface area contributed by atoms with Crippen molar-refractivity contribution in [3.8, 4) is 11.5 Å². The summed E-state index contributed by atoms with van der Waals surface area (Å²) in [5, 5.41) is 6.33. The summed E-state index contributed by atoms with van der Waals surface area (Å²) in [6.07, 6.45) is 4.43. The minimum absolute atomic E-state index is 0.190. The molecule has 0 bridgehead atoms. The lowest BCUT2D eigenvalue weighted by Gasteiger charge is -2.10. The summed E-state index contributed by atoms with van der Waals surface area (Å²) in [5.41, 5.74) is 0.721. The van der Waals surface area contributed by atoms with Crippen molar-refractivity contribution in [2.45, 2.75) is 0 Å². The van der Waals surface area contributed by atoms with E-state index in [1.165, 1.54) is 12.3 Å². The molecule has 0 unspecified atom stereocenters. The molecule has 136 valence electrons. The Labute approximate surface area is 166 Å². The number of carbonyl (C=O) groups is 1. The predicted octanol–water partition coefficient (Wildman–Crippen LogP) is 5.25. The van der Waals surface area contributed by atoms with Gasteiger partial charge in [0.1, 0.15) is 17.3 Å². The fourth-order valence-electron chi connectivity index (χ4n) is 2.10. The van der Waals surface area contributed by atoms with Gasteiger partial charge in [0.2, 0.25) is 5.91 Å². The maximum Gasteiger partial charge on any atom is 0.250 e. The van der Waals surface area contributed by atoms with Crippen molar-refractivity contribution in [2.75, 3.05) is 5.32 Å². The van der Waals surface area contributed by atoms with Crippen molar-refractivity contribution in [3.63, 3.8) is 0 Å². The number of anilines is 1. The Bertz CT molecular complexity index is 936. The van der Waals surface area contributed by atoms with Crippen LogP contribution in [0.15, 0.2) is 77.4 Å². The van der Waals surface area contributed by atoms with Crippen LogP contribution in [0.2, 0.25) is 5.02 Å². The first-order chi connectivity index (χ1) is 13.1. The molecule has 0 aliphatic rings. The summed E-state index contributed by atoms with van der Waals surface area (Å²) in [4.78, 5) is 11.8. The molecule has 0 fully saturated rings. The van der Waals surface area contributed by atoms with Gasteiger partial charge < -0.3 is 14.5 Å². The third-order valence-corrected chi connectivity index (χ3v) is 3.80. The molecule has 1 amide bonds. The molecule has 3 rings (SSSR count). The van der Waals surface area contributed by atoms with Gasteiger partial charge in [0.15, 0.2) is 5.11 Å². The van der Waals surface area contributed by atoms with E-state index in [0.717, 1.165) is 5.69 Å². The highest BCUT2D eigenvalue weighted by molar-refractivity contribution is 7.80. The van der Waals surface area contributed by atoms with E-state index in [9.17, 15) is 4.79 Å². The highest BCUT2D eigenvalue weighted by atomic mass is 35.5. The van der Waals surface area contributed by atoms with Crippen LogP contribution in [0, 0.1) is 0 Å². The average molecular weight is 399 g/mol. The number of halogens is 1. The first-order valence-corrected chi connectivity index (χ1v) is 8.74. The van der Waals surface area contributed by atoms with E-state index < -0.39 is 0 Å². The Morgan fingerprint density at radius 3 is 2.33 bits per heavy atom. The van der Waals surface area contributed by atoms with E-state index >= 15 is 0 Å². The highest BCUT2D eigenvalue weighted by Crippen LogP contribution is 2.24. The Hall–Kier alpha value is -3.09. The molecule has 0 aliphatic heterocycles. The number of ether oxygens (including phenoxy) is 1. The van der Waals surface area contributed by atoms with E-state index in [4.69, 9.17) is 33.0 Å². The molecule has 27 heavy (non-hydrogen) atoms. The van der Waals surface area contributed by atoms with Crippen molar-refractivity contribution in [2.24, 2.45) is 0 Å². The second kappa shape index (κ2) is 9.02. The van der Waals surface area contributed by atoms with Gasteiger partial charge in [-0.25, -0.2) is 0 Å². The fraction of sp³-hybridized carbons (Fsp3) is 0. The van der Waals surface area contributed by atoms with Crippen LogP contribution in [0.4, 0.5) is 5.69 Å². The van der Waals surface area contributed by atoms with E-state index in [0.29, 0.717) is 22.3 Å². The molecule has 0 radical (unpaired) electrons. The van der Waals surface area contributed by atoms with Crippen LogP contribution in [0.3, 0.4) is 0 Å². The standard InChI is InChI=1S/C20H15ClN2O3S/c21-14-3-7-17(8-4-14)26-18-9-5-15(6-10-18)22-20(27)23-19(24)12-11-16-2-1-13-25-16/h1-13H,(H2,22,23,24,27). The van der Waals surface area contributed by atoms with E-state index in [2.05, 4.69) is 10.6 Å². The van der Waals surface area contributed by atoms with Gasteiger partial charge in [-0.3, -0.25) is 10.1 Å². The van der Waals surface area contributed by atoms with Gasteiger partial charge in [0.25, 0.3) is 0 Å². The number of rotatable bonds is 5. The number of benzene rings is 2. The smallest absolute Gasteiger partial charge is 0.250 e. The van der Waals surface area contributed by atoms with Gasteiger partial charge in [0, 0.05) is 16.8 Å². The summed E-state index contributed by atoms with van der Waals surface area (Å²) in [6.45, 7) is 0. The summed E-state index contributed by atoms with van der Waals surface area (Å²) < 4.78 is 10.8. The molecule has 1 aromatic heterocycles. The van der Waals surface area contributed by atoms with E-state index in [-0.39, 0.29) is 11.0 Å². The number of hydrogen-bond acceptors (Lipinski definition) is 4. The van der Waals surface area contributed by atoms with Gasteiger partial charge in [-0.15, -0.1) is 0 Å². The molecular formula is C20H15ClN2O3S. The van der Waals surface area contributed by atoms with Crippen LogP contribution >= 0.6 is 23.8 Å². The van der Waals surface area contributed by atoms with Gasteiger partial charge in [-0.1, -0.05) is 11.6 Å². The van der Waals surface area contributed by atoms with Crippen LogP contribution in [-0.4, -0.2) is 11.0 Å². The largest absolute Gasteiger partial charge is 0.465 e. The SMILES string of the molecule is O=C(C=Cc1ccco1)NC(=S)Nc1ccc(Oc2ccc(Cl)cc2)cc1. The number of carbonyl (C=O) groups excluding carboxylic acids is 1. The molecule has 0 saturated carbocycles. The Morgan fingerprint density at radius 2 is 1.70 bits per heavy atom. The molecule has 2 aromatic carbocycles. The first-order valence-electron chi connectivity index (χ1n) is 7.95. The molecule has 0 aliphatic carbocycles. The number of thiocarbonyl (C=S) groups is 1. The summed E-state index contributed by atoms with van der Waals surface area (Å²) >= 11 is 11.0. The molecule has 2 N–H and O–H groups in total. The lowest BCUT2D eigenvalue weighted by Crippen LogP contribution is -2.32. The lowest BCUT2D eigenvalue weighted by molar-refractivity contribution is -0.115. The van der Waals surface area contributed by atoms with Gasteiger partial charge in [-0.2, -0.15) is 0 Å². The topological polar surface area (TPSA) is 63.5 Å². The van der Waals surface area contributed by atoms with Crippen molar-refractivity contribution >= 4 is 46.6 Å². The minimum Gasteiger partial charge on any atom is -0.465 e. The third-order valence-electron chi connectivity index (χ3n) is 3.34. The number of hydrogen-bond donors (Lipinski definition) is 2. The molecule has 7 heteroatoms.